The number of rotatable bonds is 2. The number of allylic oxidation sites excluding steroid dienone is 2. The molecule has 1 fully saturated rings. The van der Waals surface area contributed by atoms with E-state index in [1.165, 1.54) is 29.2 Å². The second-order valence-electron chi connectivity index (χ2n) is 5.55. The summed E-state index contributed by atoms with van der Waals surface area (Å²) >= 11 is 0. The van der Waals surface area contributed by atoms with Crippen LogP contribution >= 0.6 is 0 Å². The van der Waals surface area contributed by atoms with Gasteiger partial charge in [0.05, 0.1) is 23.5 Å². The number of amides is 2. The first-order chi connectivity index (χ1) is 9.99. The topological polar surface area (TPSA) is 77.5 Å². The first-order valence-corrected chi connectivity index (χ1v) is 6.84. The summed E-state index contributed by atoms with van der Waals surface area (Å²) < 4.78 is 0. The number of benzene rings is 1. The lowest BCUT2D eigenvalue weighted by Gasteiger charge is -2.18. The Balaban J connectivity index is 1.91. The second-order valence-corrected chi connectivity index (χ2v) is 5.55. The van der Waals surface area contributed by atoms with Crippen LogP contribution in [-0.2, 0) is 9.59 Å². The number of anilines is 1. The molecule has 1 aromatic carbocycles. The number of hydrogen-bond donors (Lipinski definition) is 0. The van der Waals surface area contributed by atoms with Crippen LogP contribution in [0.4, 0.5) is 5.69 Å². The molecule has 0 N–H and O–H groups in total. The Morgan fingerprint density at radius 3 is 2.38 bits per heavy atom. The van der Waals surface area contributed by atoms with E-state index < -0.39 is 5.97 Å². The molecule has 5 nitrogen and oxygen atoms in total. The van der Waals surface area contributed by atoms with E-state index in [0.717, 1.165) is 5.57 Å². The van der Waals surface area contributed by atoms with E-state index in [1.807, 2.05) is 13.0 Å². The molecule has 2 atom stereocenters. The molecule has 0 unspecified atom stereocenters. The highest BCUT2D eigenvalue weighted by atomic mass is 16.4. The maximum Gasteiger partial charge on any atom is 0.238 e. The average molecular weight is 284 g/mol. The molecule has 0 radical (unpaired) electrons. The van der Waals surface area contributed by atoms with Gasteiger partial charge in [0, 0.05) is 0 Å². The molecule has 0 saturated carbocycles. The van der Waals surface area contributed by atoms with Crippen LogP contribution in [0.2, 0.25) is 0 Å². The monoisotopic (exact) mass is 284 g/mol. The van der Waals surface area contributed by atoms with Gasteiger partial charge in [-0.15, -0.1) is 0 Å². The Hall–Kier alpha value is -2.43. The third kappa shape index (κ3) is 2.14. The summed E-state index contributed by atoms with van der Waals surface area (Å²) in [6.45, 7) is 1.96. The van der Waals surface area contributed by atoms with E-state index in [4.69, 9.17) is 0 Å². The zero-order valence-corrected chi connectivity index (χ0v) is 11.5. The highest BCUT2D eigenvalue weighted by Crippen LogP contribution is 2.39. The zero-order valence-electron chi connectivity index (χ0n) is 11.5. The number of carbonyl (C=O) groups excluding carboxylic acids is 3. The summed E-state index contributed by atoms with van der Waals surface area (Å²) in [7, 11) is 0. The second kappa shape index (κ2) is 4.84. The Morgan fingerprint density at radius 2 is 1.76 bits per heavy atom. The standard InChI is InChI=1S/C16H15NO4/c1-9-2-7-12-13(8-9)15(19)17(14(12)18)11-5-3-10(4-6-11)16(20)21/h2-6,12-13H,7-8H2,1H3,(H,20,21)/p-1/t12-,13+/m0/s1. The lowest BCUT2D eigenvalue weighted by atomic mass is 9.82. The summed E-state index contributed by atoms with van der Waals surface area (Å²) in [6, 6.07) is 5.63. The molecular weight excluding hydrogens is 270 g/mol. The maximum absolute atomic E-state index is 12.5. The number of nitrogens with zero attached hydrogens (tertiary/aromatic N) is 1. The third-order valence-electron chi connectivity index (χ3n) is 4.18. The van der Waals surface area contributed by atoms with Crippen molar-refractivity contribution in [2.24, 2.45) is 11.8 Å². The van der Waals surface area contributed by atoms with Gasteiger partial charge < -0.3 is 9.90 Å². The van der Waals surface area contributed by atoms with Crippen LogP contribution < -0.4 is 10.0 Å². The van der Waals surface area contributed by atoms with E-state index in [-0.39, 0.29) is 29.2 Å². The van der Waals surface area contributed by atoms with Crippen LogP contribution in [-0.4, -0.2) is 17.8 Å². The quantitative estimate of drug-likeness (QED) is 0.597. The molecule has 21 heavy (non-hydrogen) atoms. The normalized spacial score (nSPS) is 24.8. The Kier molecular flexibility index (Phi) is 3.12. The van der Waals surface area contributed by atoms with Crippen molar-refractivity contribution in [1.82, 2.24) is 0 Å². The molecule has 108 valence electrons. The molecule has 3 rings (SSSR count). The molecular formula is C16H14NO4-. The lowest BCUT2D eigenvalue weighted by Crippen LogP contribution is -2.31. The predicted molar refractivity (Wildman–Crippen MR) is 73.2 cm³/mol. The number of carbonyl (C=O) groups is 3. The van der Waals surface area contributed by atoms with E-state index in [9.17, 15) is 19.5 Å². The highest BCUT2D eigenvalue weighted by molar-refractivity contribution is 6.22. The fraction of sp³-hybridized carbons (Fsp3) is 0.312. The number of aromatic carboxylic acids is 1. The van der Waals surface area contributed by atoms with Crippen LogP contribution in [0.5, 0.6) is 0 Å². The van der Waals surface area contributed by atoms with Crippen molar-refractivity contribution in [3.8, 4) is 0 Å². The maximum atomic E-state index is 12.5. The van der Waals surface area contributed by atoms with Crippen molar-refractivity contribution in [2.45, 2.75) is 19.8 Å². The molecule has 1 aromatic rings. The van der Waals surface area contributed by atoms with E-state index in [0.29, 0.717) is 18.5 Å². The van der Waals surface area contributed by atoms with Crippen LogP contribution in [0.15, 0.2) is 35.9 Å². The average Bonchev–Trinajstić information content (AvgIpc) is 2.70. The van der Waals surface area contributed by atoms with Gasteiger partial charge in [0.2, 0.25) is 11.8 Å². The molecule has 0 aromatic heterocycles. The highest BCUT2D eigenvalue weighted by Gasteiger charge is 2.48. The van der Waals surface area contributed by atoms with Crippen LogP contribution in [0, 0.1) is 11.8 Å². The fourth-order valence-electron chi connectivity index (χ4n) is 3.04. The first kappa shape index (κ1) is 13.5. The smallest absolute Gasteiger partial charge is 0.238 e. The Morgan fingerprint density at radius 1 is 1.14 bits per heavy atom. The van der Waals surface area contributed by atoms with Crippen molar-refractivity contribution >= 4 is 23.5 Å². The molecule has 1 saturated heterocycles. The van der Waals surface area contributed by atoms with Crippen molar-refractivity contribution in [2.75, 3.05) is 4.90 Å². The number of fused-ring (bicyclic) bond motifs is 1. The van der Waals surface area contributed by atoms with Gasteiger partial charge in [0.1, 0.15) is 0 Å². The Bertz CT molecular complexity index is 659. The van der Waals surface area contributed by atoms with Crippen molar-refractivity contribution < 1.29 is 19.5 Å². The third-order valence-corrected chi connectivity index (χ3v) is 4.18. The van der Waals surface area contributed by atoms with E-state index >= 15 is 0 Å². The van der Waals surface area contributed by atoms with Crippen molar-refractivity contribution in [3.05, 3.63) is 41.5 Å². The van der Waals surface area contributed by atoms with Crippen LogP contribution in [0.25, 0.3) is 0 Å². The molecule has 2 amide bonds. The van der Waals surface area contributed by atoms with Crippen LogP contribution in [0.3, 0.4) is 0 Å². The summed E-state index contributed by atoms with van der Waals surface area (Å²) in [5, 5.41) is 10.7. The number of imide groups is 1. The first-order valence-electron chi connectivity index (χ1n) is 6.84. The van der Waals surface area contributed by atoms with Gasteiger partial charge in [-0.05, 0) is 37.5 Å². The van der Waals surface area contributed by atoms with E-state index in [2.05, 4.69) is 0 Å². The summed E-state index contributed by atoms with van der Waals surface area (Å²) in [6.07, 6.45) is 3.21. The van der Waals surface area contributed by atoms with Crippen molar-refractivity contribution in [1.29, 1.82) is 0 Å². The fourth-order valence-corrected chi connectivity index (χ4v) is 3.04. The number of hydrogen-bond acceptors (Lipinski definition) is 4. The molecule has 1 aliphatic heterocycles. The predicted octanol–water partition coefficient (Wildman–Crippen LogP) is 0.896. The summed E-state index contributed by atoms with van der Waals surface area (Å²) in [4.78, 5) is 36.8. The molecule has 5 heteroatoms. The zero-order chi connectivity index (χ0) is 15.1. The molecule has 0 spiro atoms. The molecule has 0 bridgehead atoms. The lowest BCUT2D eigenvalue weighted by molar-refractivity contribution is -0.255. The van der Waals surface area contributed by atoms with Crippen LogP contribution in [0.1, 0.15) is 30.1 Å². The SMILES string of the molecule is CC1=CC[C@@H]2C(=O)N(c3ccc(C(=O)[O-])cc3)C(=O)[C@@H]2C1. The molecule has 2 aliphatic rings. The summed E-state index contributed by atoms with van der Waals surface area (Å²) in [5.74, 6) is -2.26. The van der Waals surface area contributed by atoms with Gasteiger partial charge >= 0.3 is 0 Å². The number of carboxylic acid groups (broad SMARTS) is 1. The minimum absolute atomic E-state index is 0.0211. The van der Waals surface area contributed by atoms with Gasteiger partial charge in [-0.25, -0.2) is 0 Å². The van der Waals surface area contributed by atoms with Gasteiger partial charge in [0.25, 0.3) is 0 Å². The summed E-state index contributed by atoms with van der Waals surface area (Å²) in [5.41, 5.74) is 1.57. The molecule has 1 heterocycles. The van der Waals surface area contributed by atoms with E-state index in [1.54, 1.807) is 0 Å². The van der Waals surface area contributed by atoms with Gasteiger partial charge in [0.15, 0.2) is 0 Å². The van der Waals surface area contributed by atoms with Gasteiger partial charge in [-0.2, -0.15) is 0 Å². The minimum Gasteiger partial charge on any atom is -0.545 e. The van der Waals surface area contributed by atoms with Crippen molar-refractivity contribution in [3.63, 3.8) is 0 Å². The van der Waals surface area contributed by atoms with Gasteiger partial charge in [-0.3, -0.25) is 14.5 Å². The largest absolute Gasteiger partial charge is 0.545 e. The Labute approximate surface area is 121 Å². The minimum atomic E-state index is -1.28. The molecule has 1 aliphatic carbocycles. The number of carboxylic acids is 1. The van der Waals surface area contributed by atoms with Gasteiger partial charge in [-0.1, -0.05) is 23.8 Å².